The third-order valence-corrected chi connectivity index (χ3v) is 2.75. The van der Waals surface area contributed by atoms with Gasteiger partial charge in [0.1, 0.15) is 0 Å². The van der Waals surface area contributed by atoms with Crippen molar-refractivity contribution in [3.63, 3.8) is 0 Å². The van der Waals surface area contributed by atoms with E-state index < -0.39 is 6.04 Å². The van der Waals surface area contributed by atoms with Crippen LogP contribution in [0.2, 0.25) is 0 Å². The monoisotopic (exact) mass is 320 g/mol. The second-order valence-electron chi connectivity index (χ2n) is 2.90. The van der Waals surface area contributed by atoms with Gasteiger partial charge < -0.3 is 11.1 Å². The number of carbonyl (C=O) groups excluding carboxylic acids is 1. The molecule has 0 aliphatic heterocycles. The lowest BCUT2D eigenvalue weighted by atomic mass is 10.3. The summed E-state index contributed by atoms with van der Waals surface area (Å²) in [6.45, 7) is 1.64. The fraction of sp³-hybridized carbons (Fsp3) is 0.222. The summed E-state index contributed by atoms with van der Waals surface area (Å²) in [7, 11) is 0. The van der Waals surface area contributed by atoms with Crippen LogP contribution in [0.15, 0.2) is 27.1 Å². The van der Waals surface area contributed by atoms with Crippen molar-refractivity contribution in [2.75, 3.05) is 5.32 Å². The number of nitrogens with two attached hydrogens (primary N) is 1. The maximum Gasteiger partial charge on any atom is 0.241 e. The molecule has 5 heteroatoms. The maximum absolute atomic E-state index is 11.3. The Morgan fingerprint density at radius 1 is 1.50 bits per heavy atom. The van der Waals surface area contributed by atoms with Gasteiger partial charge in [-0.25, -0.2) is 0 Å². The van der Waals surface area contributed by atoms with Crippen LogP contribution in [0.25, 0.3) is 0 Å². The highest BCUT2D eigenvalue weighted by molar-refractivity contribution is 9.11. The highest BCUT2D eigenvalue weighted by Gasteiger charge is 2.09. The summed E-state index contributed by atoms with van der Waals surface area (Å²) in [5.74, 6) is -0.201. The SMILES string of the molecule is C[C@@H](N)C(=O)Nc1ccc(Br)cc1Br. The van der Waals surface area contributed by atoms with E-state index in [1.165, 1.54) is 0 Å². The fourth-order valence-corrected chi connectivity index (χ4v) is 1.98. The van der Waals surface area contributed by atoms with Crippen LogP contribution in [0.1, 0.15) is 6.92 Å². The van der Waals surface area contributed by atoms with Gasteiger partial charge in [-0.15, -0.1) is 0 Å². The number of benzene rings is 1. The molecule has 1 amide bonds. The largest absolute Gasteiger partial charge is 0.324 e. The number of halogens is 2. The zero-order chi connectivity index (χ0) is 10.7. The number of hydrogen-bond donors (Lipinski definition) is 2. The molecule has 0 radical (unpaired) electrons. The third kappa shape index (κ3) is 3.08. The molecule has 0 saturated heterocycles. The first kappa shape index (κ1) is 11.7. The Balaban J connectivity index is 2.82. The zero-order valence-corrected chi connectivity index (χ0v) is 10.7. The van der Waals surface area contributed by atoms with Gasteiger partial charge in [0.05, 0.1) is 11.7 Å². The van der Waals surface area contributed by atoms with Crippen LogP contribution in [-0.4, -0.2) is 11.9 Å². The molecule has 3 N–H and O–H groups in total. The molecule has 0 unspecified atom stereocenters. The van der Waals surface area contributed by atoms with E-state index in [1.807, 2.05) is 12.1 Å². The molecule has 0 spiro atoms. The molecule has 1 atom stereocenters. The molecule has 0 bridgehead atoms. The fourth-order valence-electron chi connectivity index (χ4n) is 0.837. The molecular weight excluding hydrogens is 312 g/mol. The van der Waals surface area contributed by atoms with Crippen LogP contribution in [0.3, 0.4) is 0 Å². The molecule has 0 aliphatic rings. The van der Waals surface area contributed by atoms with Crippen LogP contribution in [-0.2, 0) is 4.79 Å². The topological polar surface area (TPSA) is 55.1 Å². The van der Waals surface area contributed by atoms with E-state index in [9.17, 15) is 4.79 Å². The quantitative estimate of drug-likeness (QED) is 0.879. The van der Waals surface area contributed by atoms with Crippen molar-refractivity contribution in [1.29, 1.82) is 0 Å². The Hall–Kier alpha value is -0.390. The van der Waals surface area contributed by atoms with E-state index in [4.69, 9.17) is 5.73 Å². The summed E-state index contributed by atoms with van der Waals surface area (Å²) in [5.41, 5.74) is 6.15. The minimum Gasteiger partial charge on any atom is -0.324 e. The van der Waals surface area contributed by atoms with Crippen molar-refractivity contribution in [2.45, 2.75) is 13.0 Å². The van der Waals surface area contributed by atoms with E-state index >= 15 is 0 Å². The average molecular weight is 322 g/mol. The third-order valence-electron chi connectivity index (χ3n) is 1.60. The number of nitrogens with one attached hydrogen (secondary N) is 1. The summed E-state index contributed by atoms with van der Waals surface area (Å²) in [6, 6.07) is 5.00. The number of anilines is 1. The molecule has 0 aromatic heterocycles. The zero-order valence-electron chi connectivity index (χ0n) is 7.55. The number of carbonyl (C=O) groups is 1. The molecule has 0 saturated carbocycles. The van der Waals surface area contributed by atoms with Crippen molar-refractivity contribution < 1.29 is 4.79 Å². The lowest BCUT2D eigenvalue weighted by Gasteiger charge is -2.09. The second-order valence-corrected chi connectivity index (χ2v) is 4.67. The lowest BCUT2D eigenvalue weighted by Crippen LogP contribution is -2.32. The first-order valence-electron chi connectivity index (χ1n) is 4.02. The minimum atomic E-state index is -0.509. The molecule has 0 heterocycles. The van der Waals surface area contributed by atoms with Gasteiger partial charge in [0.25, 0.3) is 0 Å². The maximum atomic E-state index is 11.3. The molecule has 1 aromatic carbocycles. The van der Waals surface area contributed by atoms with Gasteiger partial charge in [0.15, 0.2) is 0 Å². The van der Waals surface area contributed by atoms with Gasteiger partial charge in [-0.1, -0.05) is 15.9 Å². The summed E-state index contributed by atoms with van der Waals surface area (Å²) in [4.78, 5) is 11.3. The van der Waals surface area contributed by atoms with Gasteiger partial charge in [0.2, 0.25) is 5.91 Å². The summed E-state index contributed by atoms with van der Waals surface area (Å²) in [6.07, 6.45) is 0. The van der Waals surface area contributed by atoms with Crippen LogP contribution < -0.4 is 11.1 Å². The van der Waals surface area contributed by atoms with Gasteiger partial charge in [-0.3, -0.25) is 4.79 Å². The Labute approximate surface area is 99.3 Å². The molecule has 76 valence electrons. The number of amides is 1. The minimum absolute atomic E-state index is 0.201. The van der Waals surface area contributed by atoms with Crippen LogP contribution in [0, 0.1) is 0 Å². The molecule has 14 heavy (non-hydrogen) atoms. The van der Waals surface area contributed by atoms with Crippen molar-refractivity contribution in [3.05, 3.63) is 27.1 Å². The first-order valence-corrected chi connectivity index (χ1v) is 5.61. The van der Waals surface area contributed by atoms with Crippen LogP contribution >= 0.6 is 31.9 Å². The van der Waals surface area contributed by atoms with Gasteiger partial charge >= 0.3 is 0 Å². The van der Waals surface area contributed by atoms with E-state index in [0.29, 0.717) is 0 Å². The van der Waals surface area contributed by atoms with E-state index in [1.54, 1.807) is 13.0 Å². The summed E-state index contributed by atoms with van der Waals surface area (Å²) in [5, 5.41) is 2.71. The normalized spacial score (nSPS) is 12.3. The Morgan fingerprint density at radius 3 is 2.64 bits per heavy atom. The van der Waals surface area contributed by atoms with Crippen molar-refractivity contribution in [3.8, 4) is 0 Å². The van der Waals surface area contributed by atoms with Crippen molar-refractivity contribution in [2.24, 2.45) is 5.73 Å². The summed E-state index contributed by atoms with van der Waals surface area (Å²) < 4.78 is 1.77. The van der Waals surface area contributed by atoms with Crippen LogP contribution in [0.4, 0.5) is 5.69 Å². The Kier molecular flexibility index (Phi) is 4.10. The molecular formula is C9H10Br2N2O. The van der Waals surface area contributed by atoms with E-state index in [0.717, 1.165) is 14.6 Å². The van der Waals surface area contributed by atoms with E-state index in [-0.39, 0.29) is 5.91 Å². The van der Waals surface area contributed by atoms with Crippen molar-refractivity contribution in [1.82, 2.24) is 0 Å². The van der Waals surface area contributed by atoms with Crippen molar-refractivity contribution >= 4 is 43.5 Å². The first-order chi connectivity index (χ1) is 6.50. The smallest absolute Gasteiger partial charge is 0.241 e. The predicted octanol–water partition coefficient (Wildman–Crippen LogP) is 2.50. The van der Waals surface area contributed by atoms with Gasteiger partial charge in [-0.05, 0) is 41.1 Å². The Bertz CT molecular complexity index is 353. The highest BCUT2D eigenvalue weighted by Crippen LogP contribution is 2.26. The standard InChI is InChI=1S/C9H10Br2N2O/c1-5(12)9(14)13-8-3-2-6(10)4-7(8)11/h2-5H,12H2,1H3,(H,13,14)/t5-/m1/s1. The van der Waals surface area contributed by atoms with Crippen LogP contribution in [0.5, 0.6) is 0 Å². The average Bonchev–Trinajstić information content (AvgIpc) is 2.09. The molecule has 3 nitrogen and oxygen atoms in total. The molecule has 0 fully saturated rings. The molecule has 1 aromatic rings. The van der Waals surface area contributed by atoms with Gasteiger partial charge in [0, 0.05) is 8.95 Å². The number of rotatable bonds is 2. The van der Waals surface area contributed by atoms with Gasteiger partial charge in [-0.2, -0.15) is 0 Å². The summed E-state index contributed by atoms with van der Waals surface area (Å²) >= 11 is 6.66. The highest BCUT2D eigenvalue weighted by atomic mass is 79.9. The van der Waals surface area contributed by atoms with E-state index in [2.05, 4.69) is 37.2 Å². The second kappa shape index (κ2) is 4.91. The Morgan fingerprint density at radius 2 is 2.14 bits per heavy atom. The predicted molar refractivity (Wildman–Crippen MR) is 64.1 cm³/mol. The number of hydrogen-bond acceptors (Lipinski definition) is 2. The lowest BCUT2D eigenvalue weighted by molar-refractivity contribution is -0.117. The molecule has 0 aliphatic carbocycles. The molecule has 1 rings (SSSR count).